The predicted molar refractivity (Wildman–Crippen MR) is 90.5 cm³/mol. The zero-order valence-electron chi connectivity index (χ0n) is 13.7. The zero-order chi connectivity index (χ0) is 15.7. The Bertz CT molecular complexity index is 668. The lowest BCUT2D eigenvalue weighted by atomic mass is 10.0. The van der Waals surface area contributed by atoms with E-state index in [4.69, 9.17) is 0 Å². The Morgan fingerprint density at radius 1 is 1.23 bits per heavy atom. The average Bonchev–Trinajstić information content (AvgIpc) is 2.89. The van der Waals surface area contributed by atoms with Crippen molar-refractivity contribution in [2.45, 2.75) is 26.8 Å². The molecule has 4 nitrogen and oxygen atoms in total. The second-order valence-electron chi connectivity index (χ2n) is 6.18. The third kappa shape index (κ3) is 2.69. The fourth-order valence-corrected chi connectivity index (χ4v) is 3.44. The first kappa shape index (κ1) is 15.3. The second-order valence-corrected chi connectivity index (χ2v) is 6.18. The lowest BCUT2D eigenvalue weighted by Crippen LogP contribution is -2.51. The molecule has 1 aliphatic rings. The number of aromatic amines is 1. The molecule has 1 aromatic heterocycles. The van der Waals surface area contributed by atoms with Crippen LogP contribution in [0.25, 0.3) is 10.9 Å². The largest absolute Gasteiger partial charge is 0.358 e. The van der Waals surface area contributed by atoms with E-state index >= 15 is 0 Å². The molecule has 1 fully saturated rings. The van der Waals surface area contributed by atoms with Crippen molar-refractivity contribution in [3.05, 3.63) is 35.5 Å². The van der Waals surface area contributed by atoms with Crippen LogP contribution in [0.2, 0.25) is 0 Å². The van der Waals surface area contributed by atoms with Crippen molar-refractivity contribution in [1.82, 2.24) is 14.8 Å². The van der Waals surface area contributed by atoms with Gasteiger partial charge in [-0.05, 0) is 26.5 Å². The zero-order valence-corrected chi connectivity index (χ0v) is 13.7. The van der Waals surface area contributed by atoms with Crippen molar-refractivity contribution in [2.24, 2.45) is 0 Å². The Morgan fingerprint density at radius 3 is 2.59 bits per heavy atom. The van der Waals surface area contributed by atoms with Gasteiger partial charge in [-0.3, -0.25) is 9.69 Å². The molecule has 1 aliphatic heterocycles. The number of hydrogen-bond donors (Lipinski definition) is 1. The standard InChI is InChI=1S/C18H25N3O/c1-4-20-9-11-21(12-10-20)14(3)18(22)17-13(2)19-16-8-6-5-7-15(16)17/h5-8,14,19H,4,9-12H2,1-3H3/t14-/m0/s1. The number of Topliss-reactive ketones (excluding diaryl/α,β-unsaturated/α-hetero) is 1. The molecule has 2 aromatic rings. The number of nitrogens with one attached hydrogen (secondary N) is 1. The molecule has 4 heteroatoms. The van der Waals surface area contributed by atoms with Crippen molar-refractivity contribution >= 4 is 16.7 Å². The topological polar surface area (TPSA) is 39.3 Å². The van der Waals surface area contributed by atoms with Crippen LogP contribution < -0.4 is 0 Å². The van der Waals surface area contributed by atoms with Crippen molar-refractivity contribution in [3.63, 3.8) is 0 Å². The van der Waals surface area contributed by atoms with Gasteiger partial charge in [0.25, 0.3) is 0 Å². The highest BCUT2D eigenvalue weighted by Crippen LogP contribution is 2.24. The first-order valence-electron chi connectivity index (χ1n) is 8.19. The number of benzene rings is 1. The van der Waals surface area contributed by atoms with E-state index < -0.39 is 0 Å². The number of ketones is 1. The summed E-state index contributed by atoms with van der Waals surface area (Å²) >= 11 is 0. The third-order valence-electron chi connectivity index (χ3n) is 4.92. The number of hydrogen-bond acceptors (Lipinski definition) is 3. The van der Waals surface area contributed by atoms with Crippen molar-refractivity contribution in [2.75, 3.05) is 32.7 Å². The van der Waals surface area contributed by atoms with E-state index in [1.54, 1.807) is 0 Å². The van der Waals surface area contributed by atoms with Crippen LogP contribution in [0.1, 0.15) is 29.9 Å². The maximum absolute atomic E-state index is 13.0. The summed E-state index contributed by atoms with van der Waals surface area (Å²) in [7, 11) is 0. The average molecular weight is 299 g/mol. The highest BCUT2D eigenvalue weighted by molar-refractivity contribution is 6.11. The number of H-pyrrole nitrogens is 1. The molecule has 0 spiro atoms. The van der Waals surface area contributed by atoms with Gasteiger partial charge < -0.3 is 9.88 Å². The fourth-order valence-electron chi connectivity index (χ4n) is 3.44. The van der Waals surface area contributed by atoms with Gasteiger partial charge in [-0.1, -0.05) is 25.1 Å². The normalized spacial score (nSPS) is 18.7. The first-order valence-corrected chi connectivity index (χ1v) is 8.19. The van der Waals surface area contributed by atoms with Gasteiger partial charge in [0.15, 0.2) is 5.78 Å². The molecule has 0 aliphatic carbocycles. The summed E-state index contributed by atoms with van der Waals surface area (Å²) in [6, 6.07) is 8.01. The van der Waals surface area contributed by atoms with Crippen LogP contribution in [0.3, 0.4) is 0 Å². The number of nitrogens with zero attached hydrogens (tertiary/aromatic N) is 2. The summed E-state index contributed by atoms with van der Waals surface area (Å²) in [5.74, 6) is 0.236. The first-order chi connectivity index (χ1) is 10.6. The molecule has 1 aromatic carbocycles. The number of rotatable bonds is 4. The van der Waals surface area contributed by atoms with E-state index in [1.807, 2.05) is 38.1 Å². The number of carbonyl (C=O) groups excluding carboxylic acids is 1. The molecule has 2 heterocycles. The van der Waals surface area contributed by atoms with Crippen LogP contribution in [0.15, 0.2) is 24.3 Å². The van der Waals surface area contributed by atoms with E-state index in [0.29, 0.717) is 0 Å². The number of para-hydroxylation sites is 1. The van der Waals surface area contributed by atoms with Gasteiger partial charge >= 0.3 is 0 Å². The van der Waals surface area contributed by atoms with Crippen LogP contribution in [0, 0.1) is 6.92 Å². The molecule has 0 radical (unpaired) electrons. The van der Waals surface area contributed by atoms with Crippen molar-refractivity contribution in [3.8, 4) is 0 Å². The number of carbonyl (C=O) groups is 1. The van der Waals surface area contributed by atoms with Gasteiger partial charge in [-0.25, -0.2) is 0 Å². The molecule has 1 N–H and O–H groups in total. The quantitative estimate of drug-likeness (QED) is 0.882. The molecule has 0 unspecified atom stereocenters. The van der Waals surface area contributed by atoms with E-state index in [1.165, 1.54) is 0 Å². The maximum Gasteiger partial charge on any atom is 0.182 e. The number of piperazine rings is 1. The van der Waals surface area contributed by atoms with Gasteiger partial charge in [0.05, 0.1) is 6.04 Å². The number of aryl methyl sites for hydroxylation is 1. The maximum atomic E-state index is 13.0. The lowest BCUT2D eigenvalue weighted by molar-refractivity contribution is 0.0711. The molecule has 22 heavy (non-hydrogen) atoms. The molecular formula is C18H25N3O. The van der Waals surface area contributed by atoms with Gasteiger partial charge in [0, 0.05) is 48.3 Å². The van der Waals surface area contributed by atoms with Crippen LogP contribution >= 0.6 is 0 Å². The molecule has 3 rings (SSSR count). The summed E-state index contributed by atoms with van der Waals surface area (Å²) in [6.07, 6.45) is 0. The molecular weight excluding hydrogens is 274 g/mol. The van der Waals surface area contributed by atoms with E-state index in [-0.39, 0.29) is 11.8 Å². The SMILES string of the molecule is CCN1CCN([C@@H](C)C(=O)c2c(C)[nH]c3ccccc23)CC1. The van der Waals surface area contributed by atoms with E-state index in [2.05, 4.69) is 21.7 Å². The molecule has 118 valence electrons. The fraction of sp³-hybridized carbons (Fsp3) is 0.500. The minimum atomic E-state index is -0.0584. The summed E-state index contributed by atoms with van der Waals surface area (Å²) in [5, 5.41) is 1.05. The van der Waals surface area contributed by atoms with Crippen LogP contribution in [0.5, 0.6) is 0 Å². The van der Waals surface area contributed by atoms with Crippen LogP contribution in [-0.2, 0) is 0 Å². The van der Waals surface area contributed by atoms with Gasteiger partial charge in [-0.2, -0.15) is 0 Å². The number of aromatic nitrogens is 1. The van der Waals surface area contributed by atoms with E-state index in [9.17, 15) is 4.79 Å². The Morgan fingerprint density at radius 2 is 1.91 bits per heavy atom. The summed E-state index contributed by atoms with van der Waals surface area (Å²) in [5.41, 5.74) is 2.89. The highest BCUT2D eigenvalue weighted by Gasteiger charge is 2.28. The smallest absolute Gasteiger partial charge is 0.182 e. The van der Waals surface area contributed by atoms with Crippen molar-refractivity contribution in [1.29, 1.82) is 0 Å². The van der Waals surface area contributed by atoms with Gasteiger partial charge in [0.2, 0.25) is 0 Å². The number of fused-ring (bicyclic) bond motifs is 1. The summed E-state index contributed by atoms with van der Waals surface area (Å²) in [4.78, 5) is 21.1. The van der Waals surface area contributed by atoms with Crippen molar-refractivity contribution < 1.29 is 4.79 Å². The second kappa shape index (κ2) is 6.23. The van der Waals surface area contributed by atoms with Gasteiger partial charge in [-0.15, -0.1) is 0 Å². The Hall–Kier alpha value is -1.65. The third-order valence-corrected chi connectivity index (χ3v) is 4.92. The highest BCUT2D eigenvalue weighted by atomic mass is 16.1. The Balaban J connectivity index is 1.82. The molecule has 0 bridgehead atoms. The Kier molecular flexibility index (Phi) is 4.32. The Labute approximate surface area is 132 Å². The van der Waals surface area contributed by atoms with Gasteiger partial charge in [0.1, 0.15) is 0 Å². The monoisotopic (exact) mass is 299 g/mol. The minimum Gasteiger partial charge on any atom is -0.358 e. The molecule has 1 atom stereocenters. The summed E-state index contributed by atoms with van der Waals surface area (Å²) < 4.78 is 0. The predicted octanol–water partition coefficient (Wildman–Crippen LogP) is 2.69. The number of likely N-dealkylation sites (N-methyl/N-ethyl adjacent to an activating group) is 1. The minimum absolute atomic E-state index is 0.0584. The summed E-state index contributed by atoms with van der Waals surface area (Å²) in [6.45, 7) is 11.4. The van der Waals surface area contributed by atoms with Crippen LogP contribution in [-0.4, -0.2) is 59.3 Å². The molecule has 1 saturated heterocycles. The van der Waals surface area contributed by atoms with E-state index in [0.717, 1.165) is 54.9 Å². The molecule has 0 saturated carbocycles. The molecule has 0 amide bonds. The lowest BCUT2D eigenvalue weighted by Gasteiger charge is -2.37. The van der Waals surface area contributed by atoms with Crippen LogP contribution in [0.4, 0.5) is 0 Å².